The Hall–Kier alpha value is 0.410. The molecule has 0 aromatic rings. The van der Waals surface area contributed by atoms with Gasteiger partial charge in [0.2, 0.25) is 5.91 Å². The molecule has 0 aromatic heterocycles. The number of carboxylic acids is 2. The van der Waals surface area contributed by atoms with E-state index in [1.54, 1.807) is 0 Å². The van der Waals surface area contributed by atoms with E-state index in [-0.39, 0.29) is 65.5 Å². The molecule has 0 aliphatic heterocycles. The topological polar surface area (TPSA) is 104 Å². The van der Waals surface area contributed by atoms with Gasteiger partial charge in [-0.2, -0.15) is 0 Å². The molecular formula is C16H31NNa2O5. The van der Waals surface area contributed by atoms with Crippen LogP contribution < -0.4 is 5.32 Å². The number of nitrogens with one attached hydrogen (secondary N) is 1. The van der Waals surface area contributed by atoms with Crippen molar-refractivity contribution in [2.24, 2.45) is 0 Å². The molecular weight excluding hydrogens is 332 g/mol. The molecule has 0 bridgehead atoms. The second kappa shape index (κ2) is 19.7. The van der Waals surface area contributed by atoms with Crippen LogP contribution in [0.15, 0.2) is 0 Å². The molecule has 1 amide bonds. The Morgan fingerprint density at radius 2 is 1.29 bits per heavy atom. The van der Waals surface area contributed by atoms with Gasteiger partial charge in [0.05, 0.1) is 6.42 Å². The number of amides is 1. The van der Waals surface area contributed by atoms with Gasteiger partial charge in [-0.05, 0) is 6.42 Å². The third-order valence-electron chi connectivity index (χ3n) is 3.52. The van der Waals surface area contributed by atoms with E-state index in [0.717, 1.165) is 12.8 Å². The first-order chi connectivity index (χ1) is 10.5. The minimum atomic E-state index is -1.34. The summed E-state index contributed by atoms with van der Waals surface area (Å²) in [7, 11) is 0. The van der Waals surface area contributed by atoms with Crippen molar-refractivity contribution < 1.29 is 24.6 Å². The number of carboxylic acid groups (broad SMARTS) is 2. The third kappa shape index (κ3) is 18.7. The normalized spacial score (nSPS) is 10.9. The van der Waals surface area contributed by atoms with Crippen LogP contribution in [0.5, 0.6) is 0 Å². The van der Waals surface area contributed by atoms with Crippen LogP contribution >= 0.6 is 0 Å². The average Bonchev–Trinajstić information content (AvgIpc) is 2.44. The maximum atomic E-state index is 11.6. The monoisotopic (exact) mass is 363 g/mol. The van der Waals surface area contributed by atoms with Gasteiger partial charge in [0, 0.05) is 6.42 Å². The van der Waals surface area contributed by atoms with Crippen LogP contribution in [0.3, 0.4) is 0 Å². The molecule has 24 heavy (non-hydrogen) atoms. The Balaban J connectivity index is -0.00000220. The number of unbranched alkanes of at least 4 members (excludes halogenated alkanes) is 8. The molecule has 0 unspecified atom stereocenters. The maximum absolute atomic E-state index is 11.6. The first-order valence-electron chi connectivity index (χ1n) is 8.21. The van der Waals surface area contributed by atoms with E-state index in [1.165, 1.54) is 38.5 Å². The summed E-state index contributed by atoms with van der Waals surface area (Å²) in [5, 5.41) is 19.7. The number of carbonyl (C=O) groups excluding carboxylic acids is 1. The fourth-order valence-corrected chi connectivity index (χ4v) is 2.24. The van der Waals surface area contributed by atoms with Crippen molar-refractivity contribution in [3.05, 3.63) is 0 Å². The molecule has 0 spiro atoms. The number of hydrogen-bond donors (Lipinski definition) is 3. The summed E-state index contributed by atoms with van der Waals surface area (Å²) in [5.74, 6) is -2.95. The van der Waals surface area contributed by atoms with Crippen LogP contribution in [0, 0.1) is 0 Å². The Bertz CT molecular complexity index is 353. The summed E-state index contributed by atoms with van der Waals surface area (Å²) in [4.78, 5) is 32.9. The molecule has 6 nitrogen and oxygen atoms in total. The third-order valence-corrected chi connectivity index (χ3v) is 3.52. The van der Waals surface area contributed by atoms with Gasteiger partial charge in [-0.15, -0.1) is 0 Å². The van der Waals surface area contributed by atoms with Gasteiger partial charge >= 0.3 is 71.1 Å². The van der Waals surface area contributed by atoms with Crippen molar-refractivity contribution in [2.75, 3.05) is 0 Å². The van der Waals surface area contributed by atoms with Crippen LogP contribution in [0.1, 0.15) is 77.6 Å². The zero-order chi connectivity index (χ0) is 16.8. The fourth-order valence-electron chi connectivity index (χ4n) is 2.24. The number of aliphatic carboxylic acids is 2. The molecule has 132 valence electrons. The van der Waals surface area contributed by atoms with Gasteiger partial charge in [-0.25, -0.2) is 4.79 Å². The summed E-state index contributed by atoms with van der Waals surface area (Å²) in [6.45, 7) is 2.19. The van der Waals surface area contributed by atoms with E-state index in [2.05, 4.69) is 12.2 Å². The summed E-state index contributed by atoms with van der Waals surface area (Å²) in [6, 6.07) is -1.34. The van der Waals surface area contributed by atoms with Crippen molar-refractivity contribution >= 4 is 77.0 Å². The van der Waals surface area contributed by atoms with E-state index in [4.69, 9.17) is 10.2 Å². The van der Waals surface area contributed by atoms with E-state index < -0.39 is 30.3 Å². The van der Waals surface area contributed by atoms with Gasteiger partial charge in [0.1, 0.15) is 6.04 Å². The first kappa shape index (κ1) is 29.2. The van der Waals surface area contributed by atoms with E-state index >= 15 is 0 Å². The molecule has 3 N–H and O–H groups in total. The van der Waals surface area contributed by atoms with Crippen LogP contribution in [0.4, 0.5) is 0 Å². The predicted octanol–water partition coefficient (Wildman–Crippen LogP) is 1.65. The summed E-state index contributed by atoms with van der Waals surface area (Å²) in [5.41, 5.74) is 0. The van der Waals surface area contributed by atoms with E-state index in [0.29, 0.717) is 6.42 Å². The molecule has 8 heteroatoms. The number of hydrogen-bond acceptors (Lipinski definition) is 3. The van der Waals surface area contributed by atoms with E-state index in [9.17, 15) is 14.4 Å². The zero-order valence-electron chi connectivity index (χ0n) is 13.5. The van der Waals surface area contributed by atoms with Crippen LogP contribution in [-0.4, -0.2) is 93.2 Å². The molecule has 0 saturated carbocycles. The van der Waals surface area contributed by atoms with Crippen molar-refractivity contribution in [1.29, 1.82) is 0 Å². The van der Waals surface area contributed by atoms with Gasteiger partial charge in [0.15, 0.2) is 0 Å². The van der Waals surface area contributed by atoms with Crippen molar-refractivity contribution in [2.45, 2.75) is 83.6 Å². The molecule has 0 saturated heterocycles. The van der Waals surface area contributed by atoms with E-state index in [1.807, 2.05) is 0 Å². The van der Waals surface area contributed by atoms with Crippen molar-refractivity contribution in [3.63, 3.8) is 0 Å². The standard InChI is InChI=1S/C16H29NO5.2Na.2H/c1-2-3-4-5-6-7-8-9-10-11-14(18)17-13(16(21)22)12-15(19)20;;;;/h13H,2-12H2,1H3,(H,17,18)(H,19,20)(H,21,22);;;;/t13-;;;;/m0..../s1. The summed E-state index contributed by atoms with van der Waals surface area (Å²) in [6.07, 6.45) is 9.87. The van der Waals surface area contributed by atoms with Crippen molar-refractivity contribution in [3.8, 4) is 0 Å². The molecule has 0 fully saturated rings. The zero-order valence-corrected chi connectivity index (χ0v) is 13.5. The van der Waals surface area contributed by atoms with Crippen LogP contribution in [0.2, 0.25) is 0 Å². The Morgan fingerprint density at radius 1 is 0.833 bits per heavy atom. The van der Waals surface area contributed by atoms with Gasteiger partial charge in [-0.3, -0.25) is 9.59 Å². The number of carbonyl (C=O) groups is 3. The molecule has 0 heterocycles. The molecule has 0 aliphatic carbocycles. The van der Waals surface area contributed by atoms with Gasteiger partial charge in [-0.1, -0.05) is 58.3 Å². The van der Waals surface area contributed by atoms with Crippen molar-refractivity contribution in [1.82, 2.24) is 5.32 Å². The first-order valence-corrected chi connectivity index (χ1v) is 8.21. The second-order valence-electron chi connectivity index (χ2n) is 5.63. The number of rotatable bonds is 14. The average molecular weight is 363 g/mol. The van der Waals surface area contributed by atoms with Gasteiger partial charge in [0.25, 0.3) is 0 Å². The molecule has 1 atom stereocenters. The molecule has 0 aromatic carbocycles. The second-order valence-corrected chi connectivity index (χ2v) is 5.63. The van der Waals surface area contributed by atoms with Crippen LogP contribution in [-0.2, 0) is 14.4 Å². The molecule has 0 rings (SSSR count). The Labute approximate surface area is 189 Å². The molecule has 0 radical (unpaired) electrons. The predicted molar refractivity (Wildman–Crippen MR) is 98.0 cm³/mol. The summed E-state index contributed by atoms with van der Waals surface area (Å²) >= 11 is 0. The summed E-state index contributed by atoms with van der Waals surface area (Å²) < 4.78 is 0. The quantitative estimate of drug-likeness (QED) is 0.322. The fraction of sp³-hybridized carbons (Fsp3) is 0.812. The minimum absolute atomic E-state index is 0. The molecule has 0 aliphatic rings. The SMILES string of the molecule is CCCCCCCCCCCC(=O)N[C@@H](CC(=O)O)C(=O)O.[NaH].[NaH]. The van der Waals surface area contributed by atoms with Crippen LogP contribution in [0.25, 0.3) is 0 Å². The van der Waals surface area contributed by atoms with Gasteiger partial charge < -0.3 is 15.5 Å². The Kier molecular flexibility index (Phi) is 24.0. The Morgan fingerprint density at radius 3 is 1.71 bits per heavy atom.